The second-order valence-corrected chi connectivity index (χ2v) is 6.97. The molecule has 4 aromatic rings. The Kier molecular flexibility index (Phi) is 5.21. The Morgan fingerprint density at radius 2 is 1.38 bits per heavy atom. The van der Waals surface area contributed by atoms with E-state index in [1.54, 1.807) is 43.3 Å². The normalized spacial score (nSPS) is 11.8. The molecule has 0 amide bonds. The molecule has 29 heavy (non-hydrogen) atoms. The summed E-state index contributed by atoms with van der Waals surface area (Å²) in [5, 5.41) is 2.10. The molecule has 0 bridgehead atoms. The number of hydrogen-bond acceptors (Lipinski definition) is 3. The Bertz CT molecular complexity index is 1180. The monoisotopic (exact) mass is 380 g/mol. The van der Waals surface area contributed by atoms with Gasteiger partial charge < -0.3 is 4.74 Å². The number of ketones is 1. The second kappa shape index (κ2) is 8.11. The van der Waals surface area contributed by atoms with Crippen molar-refractivity contribution < 1.29 is 14.3 Å². The van der Waals surface area contributed by atoms with Crippen LogP contribution in [0.2, 0.25) is 0 Å². The van der Waals surface area contributed by atoms with Gasteiger partial charge in [0, 0.05) is 11.1 Å². The zero-order valence-corrected chi connectivity index (χ0v) is 16.0. The van der Waals surface area contributed by atoms with Crippen molar-refractivity contribution in [3.8, 4) is 5.75 Å². The highest BCUT2D eigenvalue weighted by atomic mass is 16.5. The quantitative estimate of drug-likeness (QED) is 0.250. The third kappa shape index (κ3) is 4.09. The lowest BCUT2D eigenvalue weighted by Crippen LogP contribution is -2.16. The van der Waals surface area contributed by atoms with Gasteiger partial charge in [-0.3, -0.25) is 9.59 Å². The molecule has 0 aliphatic carbocycles. The zero-order chi connectivity index (χ0) is 20.2. The Labute approximate surface area is 169 Å². The number of carbonyl (C=O) groups excluding carboxylic acids is 2. The molecule has 0 spiro atoms. The number of fused-ring (bicyclic) bond motifs is 1. The molecule has 0 fully saturated rings. The summed E-state index contributed by atoms with van der Waals surface area (Å²) in [5.41, 5.74) is 1.92. The first-order valence-electron chi connectivity index (χ1n) is 9.52. The molecule has 3 nitrogen and oxygen atoms in total. The van der Waals surface area contributed by atoms with Crippen LogP contribution in [0.4, 0.5) is 0 Å². The number of carbonyl (C=O) groups is 2. The van der Waals surface area contributed by atoms with Crippen LogP contribution in [-0.4, -0.2) is 11.8 Å². The maximum absolute atomic E-state index is 12.7. The van der Waals surface area contributed by atoms with Crippen LogP contribution in [0.5, 0.6) is 5.75 Å². The topological polar surface area (TPSA) is 43.4 Å². The van der Waals surface area contributed by atoms with Gasteiger partial charge in [0.1, 0.15) is 5.75 Å². The molecule has 0 aliphatic heterocycles. The predicted molar refractivity (Wildman–Crippen MR) is 114 cm³/mol. The third-order valence-corrected chi connectivity index (χ3v) is 4.98. The highest BCUT2D eigenvalue weighted by molar-refractivity contribution is 6.09. The van der Waals surface area contributed by atoms with Crippen LogP contribution < -0.4 is 4.74 Å². The van der Waals surface area contributed by atoms with Gasteiger partial charge in [0.05, 0.1) is 5.92 Å². The van der Waals surface area contributed by atoms with Crippen LogP contribution in [0.15, 0.2) is 97.1 Å². The summed E-state index contributed by atoms with van der Waals surface area (Å²) < 4.78 is 5.60. The molecule has 1 unspecified atom stereocenters. The molecule has 0 heterocycles. The summed E-state index contributed by atoms with van der Waals surface area (Å²) in [6.45, 7) is 1.79. The van der Waals surface area contributed by atoms with Crippen molar-refractivity contribution in [2.75, 3.05) is 0 Å². The summed E-state index contributed by atoms with van der Waals surface area (Å²) in [4.78, 5) is 25.4. The van der Waals surface area contributed by atoms with Crippen molar-refractivity contribution in [1.29, 1.82) is 0 Å². The molecule has 142 valence electrons. The maximum atomic E-state index is 12.7. The number of esters is 1. The van der Waals surface area contributed by atoms with Gasteiger partial charge in [-0.1, -0.05) is 78.9 Å². The van der Waals surface area contributed by atoms with Crippen LogP contribution in [-0.2, 0) is 4.79 Å². The van der Waals surface area contributed by atoms with E-state index in [4.69, 9.17) is 4.74 Å². The second-order valence-electron chi connectivity index (χ2n) is 6.97. The molecule has 0 aliphatic rings. The van der Waals surface area contributed by atoms with Gasteiger partial charge in [-0.25, -0.2) is 0 Å². The van der Waals surface area contributed by atoms with Gasteiger partial charge in [0.15, 0.2) is 5.78 Å². The van der Waals surface area contributed by atoms with Crippen molar-refractivity contribution in [3.63, 3.8) is 0 Å². The van der Waals surface area contributed by atoms with Gasteiger partial charge in [0.25, 0.3) is 0 Å². The fourth-order valence-electron chi connectivity index (χ4n) is 3.28. The van der Waals surface area contributed by atoms with Crippen molar-refractivity contribution >= 4 is 22.5 Å². The van der Waals surface area contributed by atoms with E-state index < -0.39 is 5.92 Å². The fourth-order valence-corrected chi connectivity index (χ4v) is 3.28. The number of hydrogen-bond donors (Lipinski definition) is 0. The van der Waals surface area contributed by atoms with E-state index in [9.17, 15) is 9.59 Å². The summed E-state index contributed by atoms with van der Waals surface area (Å²) in [7, 11) is 0. The van der Waals surface area contributed by atoms with E-state index in [-0.39, 0.29) is 11.8 Å². The van der Waals surface area contributed by atoms with E-state index >= 15 is 0 Å². The number of benzene rings is 4. The third-order valence-electron chi connectivity index (χ3n) is 4.98. The lowest BCUT2D eigenvalue weighted by Gasteiger charge is -2.13. The van der Waals surface area contributed by atoms with Crippen molar-refractivity contribution in [3.05, 3.63) is 114 Å². The number of rotatable bonds is 5. The lowest BCUT2D eigenvalue weighted by molar-refractivity contribution is -0.135. The Morgan fingerprint density at radius 3 is 2.17 bits per heavy atom. The molecular formula is C26H20O3. The van der Waals surface area contributed by atoms with Gasteiger partial charge in [-0.2, -0.15) is 0 Å². The first kappa shape index (κ1) is 18.6. The van der Waals surface area contributed by atoms with Crippen molar-refractivity contribution in [2.24, 2.45) is 0 Å². The van der Waals surface area contributed by atoms with Crippen LogP contribution in [0, 0.1) is 0 Å². The smallest absolute Gasteiger partial charge is 0.318 e. The Balaban J connectivity index is 1.53. The molecule has 4 rings (SSSR count). The first-order valence-corrected chi connectivity index (χ1v) is 9.52. The van der Waals surface area contributed by atoms with Crippen molar-refractivity contribution in [2.45, 2.75) is 12.8 Å². The molecule has 0 saturated heterocycles. The molecule has 0 radical (unpaired) electrons. The van der Waals surface area contributed by atoms with Gasteiger partial charge in [0.2, 0.25) is 0 Å². The number of ether oxygens (including phenoxy) is 1. The minimum absolute atomic E-state index is 0.0671. The summed E-state index contributed by atoms with van der Waals surface area (Å²) in [6, 6.07) is 29.8. The van der Waals surface area contributed by atoms with Crippen LogP contribution in [0.25, 0.3) is 10.8 Å². The standard InChI is InChI=1S/C26H20O3/c1-18(26(28)29-24-15-14-19-8-5-6-11-22(19)17-24)21-12-7-13-23(16-21)25(27)20-9-3-2-4-10-20/h2-18H,1H3. The minimum atomic E-state index is -0.495. The predicted octanol–water partition coefficient (Wildman–Crippen LogP) is 5.78. The maximum Gasteiger partial charge on any atom is 0.318 e. The highest BCUT2D eigenvalue weighted by Gasteiger charge is 2.19. The average Bonchev–Trinajstić information content (AvgIpc) is 2.78. The Hall–Kier alpha value is -3.72. The highest BCUT2D eigenvalue weighted by Crippen LogP contribution is 2.24. The Morgan fingerprint density at radius 1 is 0.690 bits per heavy atom. The van der Waals surface area contributed by atoms with Crippen LogP contribution in [0.1, 0.15) is 34.3 Å². The van der Waals surface area contributed by atoms with Gasteiger partial charge in [-0.05, 0) is 41.5 Å². The molecular weight excluding hydrogens is 360 g/mol. The lowest BCUT2D eigenvalue weighted by atomic mass is 9.96. The van der Waals surface area contributed by atoms with E-state index in [1.807, 2.05) is 60.7 Å². The zero-order valence-electron chi connectivity index (χ0n) is 16.0. The van der Waals surface area contributed by atoms with E-state index in [0.717, 1.165) is 16.3 Å². The SMILES string of the molecule is CC(C(=O)Oc1ccc2ccccc2c1)c1cccc(C(=O)c2ccccc2)c1. The van der Waals surface area contributed by atoms with Gasteiger partial charge in [-0.15, -0.1) is 0 Å². The summed E-state index contributed by atoms with van der Waals surface area (Å²) in [5.74, 6) is -0.408. The molecule has 0 aromatic heterocycles. The molecule has 1 atom stereocenters. The molecule has 3 heteroatoms. The molecule has 0 saturated carbocycles. The van der Waals surface area contributed by atoms with E-state index in [1.165, 1.54) is 0 Å². The fraction of sp³-hybridized carbons (Fsp3) is 0.0769. The van der Waals surface area contributed by atoms with E-state index in [0.29, 0.717) is 16.9 Å². The molecule has 0 N–H and O–H groups in total. The average molecular weight is 380 g/mol. The van der Waals surface area contributed by atoms with Crippen molar-refractivity contribution in [1.82, 2.24) is 0 Å². The largest absolute Gasteiger partial charge is 0.426 e. The first-order chi connectivity index (χ1) is 14.1. The summed E-state index contributed by atoms with van der Waals surface area (Å²) in [6.07, 6.45) is 0. The van der Waals surface area contributed by atoms with Crippen LogP contribution in [0.3, 0.4) is 0 Å². The van der Waals surface area contributed by atoms with E-state index in [2.05, 4.69) is 0 Å². The summed E-state index contributed by atoms with van der Waals surface area (Å²) >= 11 is 0. The van der Waals surface area contributed by atoms with Crippen LogP contribution >= 0.6 is 0 Å². The minimum Gasteiger partial charge on any atom is -0.426 e. The van der Waals surface area contributed by atoms with Gasteiger partial charge >= 0.3 is 5.97 Å². The molecule has 4 aromatic carbocycles.